The van der Waals surface area contributed by atoms with E-state index in [1.54, 1.807) is 26.2 Å². The van der Waals surface area contributed by atoms with Crippen molar-refractivity contribution in [1.29, 1.82) is 0 Å². The summed E-state index contributed by atoms with van der Waals surface area (Å²) >= 11 is 0. The van der Waals surface area contributed by atoms with Gasteiger partial charge in [-0.25, -0.2) is 0 Å². The first-order valence-corrected chi connectivity index (χ1v) is 7.06. The molecule has 1 unspecified atom stereocenters. The van der Waals surface area contributed by atoms with E-state index in [0.29, 0.717) is 11.3 Å². The summed E-state index contributed by atoms with van der Waals surface area (Å²) in [7, 11) is 1.62. The Labute approximate surface area is 129 Å². The number of para-hydroxylation sites is 1. The first-order chi connectivity index (χ1) is 10.6. The van der Waals surface area contributed by atoms with Crippen molar-refractivity contribution in [3.63, 3.8) is 0 Å². The molecule has 0 bridgehead atoms. The third-order valence-electron chi connectivity index (χ3n) is 3.10. The molecule has 1 atom stereocenters. The number of carbonyl (C=O) groups is 1. The molecule has 0 saturated heterocycles. The molecular weight excluding hydrogens is 280 g/mol. The van der Waals surface area contributed by atoms with Crippen molar-refractivity contribution in [3.05, 3.63) is 54.1 Å². The van der Waals surface area contributed by atoms with Crippen LogP contribution >= 0.6 is 0 Å². The number of carbonyl (C=O) groups excluding carboxylic acids is 1. The number of methoxy groups -OCH3 is 1. The maximum absolute atomic E-state index is 12.2. The summed E-state index contributed by atoms with van der Waals surface area (Å²) in [6.07, 6.45) is -0.578. The van der Waals surface area contributed by atoms with Crippen LogP contribution in [-0.2, 0) is 0 Å². The fourth-order valence-corrected chi connectivity index (χ4v) is 1.96. The van der Waals surface area contributed by atoms with Crippen LogP contribution in [0.25, 0.3) is 0 Å². The molecule has 2 rings (SSSR count). The maximum atomic E-state index is 12.2. The molecule has 0 saturated carbocycles. The van der Waals surface area contributed by atoms with Gasteiger partial charge in [-0.05, 0) is 43.3 Å². The van der Waals surface area contributed by atoms with Crippen LogP contribution in [0.1, 0.15) is 17.3 Å². The molecule has 0 aliphatic heterocycles. The van der Waals surface area contributed by atoms with Gasteiger partial charge in [0, 0.05) is 12.2 Å². The van der Waals surface area contributed by atoms with E-state index in [2.05, 4.69) is 10.6 Å². The lowest BCUT2D eigenvalue weighted by Gasteiger charge is -2.13. The summed E-state index contributed by atoms with van der Waals surface area (Å²) in [5.41, 5.74) is 2.09. The number of benzene rings is 2. The van der Waals surface area contributed by atoms with Crippen LogP contribution in [-0.4, -0.2) is 30.8 Å². The number of nitrogens with one attached hydrogen (secondary N) is 2. The van der Waals surface area contributed by atoms with Crippen LogP contribution in [0, 0.1) is 0 Å². The summed E-state index contributed by atoms with van der Waals surface area (Å²) in [5, 5.41) is 15.2. The van der Waals surface area contributed by atoms with Gasteiger partial charge >= 0.3 is 0 Å². The van der Waals surface area contributed by atoms with Gasteiger partial charge in [-0.1, -0.05) is 12.1 Å². The van der Waals surface area contributed by atoms with Gasteiger partial charge < -0.3 is 20.5 Å². The molecule has 0 heterocycles. The Kier molecular flexibility index (Phi) is 5.38. The van der Waals surface area contributed by atoms with Crippen molar-refractivity contribution in [2.24, 2.45) is 0 Å². The number of rotatable bonds is 6. The quantitative estimate of drug-likeness (QED) is 0.767. The molecule has 5 nitrogen and oxygen atoms in total. The molecule has 2 aromatic rings. The third-order valence-corrected chi connectivity index (χ3v) is 3.10. The first-order valence-electron chi connectivity index (χ1n) is 7.06. The van der Waals surface area contributed by atoms with Crippen molar-refractivity contribution in [3.8, 4) is 5.75 Å². The molecule has 5 heteroatoms. The van der Waals surface area contributed by atoms with E-state index in [4.69, 9.17) is 4.74 Å². The van der Waals surface area contributed by atoms with E-state index >= 15 is 0 Å². The number of anilines is 2. The Morgan fingerprint density at radius 2 is 1.86 bits per heavy atom. The molecule has 0 aliphatic carbocycles. The smallest absolute Gasteiger partial charge is 0.253 e. The van der Waals surface area contributed by atoms with Crippen molar-refractivity contribution >= 4 is 17.3 Å². The van der Waals surface area contributed by atoms with Crippen LogP contribution in [0.2, 0.25) is 0 Å². The Hall–Kier alpha value is -2.53. The second-order valence-electron chi connectivity index (χ2n) is 4.96. The minimum absolute atomic E-state index is 0.218. The van der Waals surface area contributed by atoms with E-state index < -0.39 is 6.10 Å². The Bertz CT molecular complexity index is 624. The van der Waals surface area contributed by atoms with Gasteiger partial charge in [0.05, 0.1) is 24.5 Å². The van der Waals surface area contributed by atoms with Crippen molar-refractivity contribution in [2.45, 2.75) is 13.0 Å². The SMILES string of the molecule is COc1ccc(Nc2ccccc2C(=O)NCC(C)O)cc1. The summed E-state index contributed by atoms with van der Waals surface area (Å²) in [6, 6.07) is 14.7. The fourth-order valence-electron chi connectivity index (χ4n) is 1.96. The number of hydrogen-bond acceptors (Lipinski definition) is 4. The minimum atomic E-state index is -0.578. The first kappa shape index (κ1) is 15.9. The fraction of sp³-hybridized carbons (Fsp3) is 0.235. The Morgan fingerprint density at radius 3 is 2.50 bits per heavy atom. The minimum Gasteiger partial charge on any atom is -0.497 e. The summed E-state index contributed by atoms with van der Waals surface area (Å²) in [5.74, 6) is 0.547. The molecule has 0 fully saturated rings. The van der Waals surface area contributed by atoms with Gasteiger partial charge in [0.1, 0.15) is 5.75 Å². The highest BCUT2D eigenvalue weighted by molar-refractivity contribution is 6.00. The second kappa shape index (κ2) is 7.47. The van der Waals surface area contributed by atoms with E-state index in [1.165, 1.54) is 0 Å². The van der Waals surface area contributed by atoms with Crippen LogP contribution < -0.4 is 15.4 Å². The number of hydrogen-bond donors (Lipinski definition) is 3. The van der Waals surface area contributed by atoms with Crippen LogP contribution in [0.4, 0.5) is 11.4 Å². The zero-order chi connectivity index (χ0) is 15.9. The predicted molar refractivity (Wildman–Crippen MR) is 86.7 cm³/mol. The Balaban J connectivity index is 2.15. The highest BCUT2D eigenvalue weighted by Gasteiger charge is 2.11. The monoisotopic (exact) mass is 300 g/mol. The number of aliphatic hydroxyl groups is 1. The number of ether oxygens (including phenoxy) is 1. The highest BCUT2D eigenvalue weighted by Crippen LogP contribution is 2.22. The van der Waals surface area contributed by atoms with Gasteiger partial charge in [0.25, 0.3) is 5.91 Å². The van der Waals surface area contributed by atoms with Crippen LogP contribution in [0.5, 0.6) is 5.75 Å². The lowest BCUT2D eigenvalue weighted by molar-refractivity contribution is 0.0925. The zero-order valence-corrected chi connectivity index (χ0v) is 12.7. The van der Waals surface area contributed by atoms with Gasteiger partial charge in [-0.2, -0.15) is 0 Å². The van der Waals surface area contributed by atoms with E-state index in [0.717, 1.165) is 11.4 Å². The molecule has 22 heavy (non-hydrogen) atoms. The molecule has 0 spiro atoms. The van der Waals surface area contributed by atoms with Gasteiger partial charge in [0.2, 0.25) is 0 Å². The van der Waals surface area contributed by atoms with Crippen LogP contribution in [0.15, 0.2) is 48.5 Å². The molecule has 0 aromatic heterocycles. The number of aliphatic hydroxyl groups excluding tert-OH is 1. The normalized spacial score (nSPS) is 11.6. The third kappa shape index (κ3) is 4.23. The van der Waals surface area contributed by atoms with Crippen molar-refractivity contribution in [2.75, 3.05) is 19.0 Å². The molecular formula is C17H20N2O3. The van der Waals surface area contributed by atoms with E-state index in [-0.39, 0.29) is 12.5 Å². The molecule has 3 N–H and O–H groups in total. The average molecular weight is 300 g/mol. The lowest BCUT2D eigenvalue weighted by Crippen LogP contribution is -2.30. The van der Waals surface area contributed by atoms with Crippen LogP contribution in [0.3, 0.4) is 0 Å². The maximum Gasteiger partial charge on any atom is 0.253 e. The average Bonchev–Trinajstić information content (AvgIpc) is 2.54. The molecule has 1 amide bonds. The largest absolute Gasteiger partial charge is 0.497 e. The molecule has 2 aromatic carbocycles. The second-order valence-corrected chi connectivity index (χ2v) is 4.96. The topological polar surface area (TPSA) is 70.6 Å². The standard InChI is InChI=1S/C17H20N2O3/c1-12(20)11-18-17(21)15-5-3-4-6-16(15)19-13-7-9-14(22-2)10-8-13/h3-10,12,19-20H,11H2,1-2H3,(H,18,21). The van der Waals surface area contributed by atoms with Gasteiger partial charge in [0.15, 0.2) is 0 Å². The van der Waals surface area contributed by atoms with E-state index in [9.17, 15) is 9.90 Å². The van der Waals surface area contributed by atoms with E-state index in [1.807, 2.05) is 36.4 Å². The lowest BCUT2D eigenvalue weighted by atomic mass is 10.1. The van der Waals surface area contributed by atoms with Gasteiger partial charge in [-0.3, -0.25) is 4.79 Å². The Morgan fingerprint density at radius 1 is 1.18 bits per heavy atom. The predicted octanol–water partition coefficient (Wildman–Crippen LogP) is 2.55. The molecule has 0 aliphatic rings. The van der Waals surface area contributed by atoms with Crippen molar-refractivity contribution < 1.29 is 14.6 Å². The van der Waals surface area contributed by atoms with Gasteiger partial charge in [-0.15, -0.1) is 0 Å². The van der Waals surface area contributed by atoms with Crippen molar-refractivity contribution in [1.82, 2.24) is 5.32 Å². The zero-order valence-electron chi connectivity index (χ0n) is 12.7. The molecule has 116 valence electrons. The highest BCUT2D eigenvalue weighted by atomic mass is 16.5. The summed E-state index contributed by atoms with van der Waals surface area (Å²) < 4.78 is 5.12. The summed E-state index contributed by atoms with van der Waals surface area (Å²) in [4.78, 5) is 12.2. The number of amides is 1. The molecule has 0 radical (unpaired) electrons. The summed E-state index contributed by atoms with van der Waals surface area (Å²) in [6.45, 7) is 1.84.